The van der Waals surface area contributed by atoms with Crippen LogP contribution in [0, 0.1) is 12.8 Å². The molecule has 1 atom stereocenters. The Morgan fingerprint density at radius 2 is 2.38 bits per heavy atom. The van der Waals surface area contributed by atoms with E-state index in [0.717, 1.165) is 32.4 Å². The molecule has 0 saturated carbocycles. The molecular weight excluding hydrogens is 266 g/mol. The quantitative estimate of drug-likeness (QED) is 0.931. The number of nitrogens with zero attached hydrogens (tertiary/aromatic N) is 4. The van der Waals surface area contributed by atoms with E-state index < -0.39 is 0 Å². The molecule has 2 aromatic heterocycles. The van der Waals surface area contributed by atoms with E-state index in [-0.39, 0.29) is 5.91 Å². The van der Waals surface area contributed by atoms with Gasteiger partial charge >= 0.3 is 0 Å². The first-order valence-corrected chi connectivity index (χ1v) is 7.41. The number of likely N-dealkylation sites (tertiary alicyclic amines) is 1. The number of hydrogen-bond acceptors (Lipinski definition) is 3. The van der Waals surface area contributed by atoms with Gasteiger partial charge in [-0.25, -0.2) is 0 Å². The molecule has 0 spiro atoms. The van der Waals surface area contributed by atoms with E-state index >= 15 is 0 Å². The van der Waals surface area contributed by atoms with Gasteiger partial charge in [0.1, 0.15) is 5.69 Å². The minimum Gasteiger partial charge on any atom is -0.337 e. The molecule has 0 radical (unpaired) electrons. The van der Waals surface area contributed by atoms with E-state index in [1.165, 1.54) is 11.3 Å². The van der Waals surface area contributed by atoms with Crippen LogP contribution in [0.15, 0.2) is 18.5 Å². The molecule has 0 aliphatic carbocycles. The summed E-state index contributed by atoms with van der Waals surface area (Å²) in [6.45, 7) is 3.69. The van der Waals surface area contributed by atoms with E-state index in [2.05, 4.69) is 22.2 Å². The zero-order chi connectivity index (χ0) is 14.8. The summed E-state index contributed by atoms with van der Waals surface area (Å²) in [4.78, 5) is 14.4. The fraction of sp³-hybridized carbons (Fsp3) is 0.533. The third-order valence-electron chi connectivity index (χ3n) is 4.17. The molecule has 1 saturated heterocycles. The average Bonchev–Trinajstić information content (AvgIpc) is 3.08. The number of aryl methyl sites for hydroxylation is 2. The number of nitrogens with one attached hydrogen (secondary N) is 1. The predicted octanol–water partition coefficient (Wildman–Crippen LogP) is 1.55. The van der Waals surface area contributed by atoms with Crippen molar-refractivity contribution in [2.45, 2.75) is 26.2 Å². The fourth-order valence-corrected chi connectivity index (χ4v) is 2.98. The number of carbonyl (C=O) groups is 1. The maximum atomic E-state index is 12.5. The van der Waals surface area contributed by atoms with Crippen LogP contribution in [0.5, 0.6) is 0 Å². The summed E-state index contributed by atoms with van der Waals surface area (Å²) >= 11 is 0. The van der Waals surface area contributed by atoms with Gasteiger partial charge in [0.25, 0.3) is 5.91 Å². The number of amides is 1. The minimum absolute atomic E-state index is 0.0432. The Morgan fingerprint density at radius 3 is 3.05 bits per heavy atom. The number of piperidine rings is 1. The summed E-state index contributed by atoms with van der Waals surface area (Å²) in [5, 5.41) is 11.3. The molecule has 2 aromatic rings. The Morgan fingerprint density at radius 1 is 1.52 bits per heavy atom. The summed E-state index contributed by atoms with van der Waals surface area (Å²) in [7, 11) is 1.83. The van der Waals surface area contributed by atoms with Crippen molar-refractivity contribution in [3.8, 4) is 0 Å². The second kappa shape index (κ2) is 5.71. The van der Waals surface area contributed by atoms with Crippen molar-refractivity contribution in [1.29, 1.82) is 0 Å². The molecule has 1 N–H and O–H groups in total. The van der Waals surface area contributed by atoms with Gasteiger partial charge in [-0.2, -0.15) is 10.2 Å². The molecule has 1 aliphatic heterocycles. The van der Waals surface area contributed by atoms with Gasteiger partial charge in [0.15, 0.2) is 0 Å². The second-order valence-electron chi connectivity index (χ2n) is 5.87. The molecule has 1 fully saturated rings. The number of hydrogen-bond donors (Lipinski definition) is 1. The van der Waals surface area contributed by atoms with Gasteiger partial charge < -0.3 is 4.90 Å². The van der Waals surface area contributed by atoms with Crippen LogP contribution < -0.4 is 0 Å². The molecule has 21 heavy (non-hydrogen) atoms. The first kappa shape index (κ1) is 13.9. The van der Waals surface area contributed by atoms with E-state index in [1.54, 1.807) is 10.7 Å². The zero-order valence-electron chi connectivity index (χ0n) is 12.5. The lowest BCUT2D eigenvalue weighted by Crippen LogP contribution is -2.40. The number of aromatic nitrogens is 4. The van der Waals surface area contributed by atoms with Crippen molar-refractivity contribution >= 4 is 5.91 Å². The molecule has 3 rings (SSSR count). The molecule has 0 aromatic carbocycles. The lowest BCUT2D eigenvalue weighted by molar-refractivity contribution is 0.0666. The standard InChI is InChI=1S/C15H21N5O/c1-11-9-16-17-14(11)8-12-4-3-6-20(10-12)15(21)13-5-7-19(2)18-13/h5,7,9,12H,3-4,6,8,10H2,1-2H3,(H,16,17)/t12-/m1/s1. The zero-order valence-corrected chi connectivity index (χ0v) is 12.5. The summed E-state index contributed by atoms with van der Waals surface area (Å²) in [6.07, 6.45) is 6.83. The van der Waals surface area contributed by atoms with E-state index in [1.807, 2.05) is 24.3 Å². The van der Waals surface area contributed by atoms with Crippen LogP contribution in [-0.4, -0.2) is 43.9 Å². The van der Waals surface area contributed by atoms with Crippen molar-refractivity contribution in [1.82, 2.24) is 24.9 Å². The molecule has 112 valence electrons. The fourth-order valence-electron chi connectivity index (χ4n) is 2.98. The van der Waals surface area contributed by atoms with Gasteiger partial charge in [-0.3, -0.25) is 14.6 Å². The summed E-state index contributed by atoms with van der Waals surface area (Å²) in [6, 6.07) is 1.78. The molecule has 0 bridgehead atoms. The number of rotatable bonds is 3. The molecule has 1 amide bonds. The van der Waals surface area contributed by atoms with E-state index in [0.29, 0.717) is 11.6 Å². The van der Waals surface area contributed by atoms with Crippen LogP contribution in [0.3, 0.4) is 0 Å². The topological polar surface area (TPSA) is 66.8 Å². The van der Waals surface area contributed by atoms with Crippen molar-refractivity contribution in [2.24, 2.45) is 13.0 Å². The van der Waals surface area contributed by atoms with Crippen LogP contribution in [0.4, 0.5) is 0 Å². The normalized spacial score (nSPS) is 19.0. The van der Waals surface area contributed by atoms with Crippen molar-refractivity contribution < 1.29 is 4.79 Å². The smallest absolute Gasteiger partial charge is 0.274 e. The highest BCUT2D eigenvalue weighted by molar-refractivity contribution is 5.92. The van der Waals surface area contributed by atoms with Crippen molar-refractivity contribution in [3.05, 3.63) is 35.4 Å². The number of H-pyrrole nitrogens is 1. The first-order chi connectivity index (χ1) is 10.1. The SMILES string of the molecule is Cc1cn[nH]c1C[C@H]1CCCN(C(=O)c2ccn(C)n2)C1. The minimum atomic E-state index is 0.0432. The average molecular weight is 287 g/mol. The van der Waals surface area contributed by atoms with E-state index in [4.69, 9.17) is 0 Å². The third kappa shape index (κ3) is 2.99. The predicted molar refractivity (Wildman–Crippen MR) is 78.9 cm³/mol. The van der Waals surface area contributed by atoms with Crippen LogP contribution in [-0.2, 0) is 13.5 Å². The third-order valence-corrected chi connectivity index (χ3v) is 4.17. The van der Waals surface area contributed by atoms with Gasteiger partial charge in [-0.15, -0.1) is 0 Å². The number of aromatic amines is 1. The highest BCUT2D eigenvalue weighted by Gasteiger charge is 2.26. The van der Waals surface area contributed by atoms with Crippen LogP contribution in [0.2, 0.25) is 0 Å². The molecule has 3 heterocycles. The maximum absolute atomic E-state index is 12.5. The lowest BCUT2D eigenvalue weighted by atomic mass is 9.92. The van der Waals surface area contributed by atoms with Gasteiger partial charge in [0, 0.05) is 32.0 Å². The molecular formula is C15H21N5O. The molecule has 6 heteroatoms. The summed E-state index contributed by atoms with van der Waals surface area (Å²) < 4.78 is 1.67. The molecule has 1 aliphatic rings. The van der Waals surface area contributed by atoms with Gasteiger partial charge in [0.05, 0.1) is 6.20 Å². The highest BCUT2D eigenvalue weighted by atomic mass is 16.2. The first-order valence-electron chi connectivity index (χ1n) is 7.41. The van der Waals surface area contributed by atoms with E-state index in [9.17, 15) is 4.79 Å². The Kier molecular flexibility index (Phi) is 3.77. The molecule has 6 nitrogen and oxygen atoms in total. The summed E-state index contributed by atoms with van der Waals surface area (Å²) in [5.74, 6) is 0.534. The monoisotopic (exact) mass is 287 g/mol. The Balaban J connectivity index is 1.65. The Bertz CT molecular complexity index is 630. The highest BCUT2D eigenvalue weighted by Crippen LogP contribution is 2.22. The summed E-state index contributed by atoms with van der Waals surface area (Å²) in [5.41, 5.74) is 2.92. The second-order valence-corrected chi connectivity index (χ2v) is 5.87. The van der Waals surface area contributed by atoms with Crippen LogP contribution in [0.1, 0.15) is 34.6 Å². The molecule has 0 unspecified atom stereocenters. The van der Waals surface area contributed by atoms with Gasteiger partial charge in [-0.05, 0) is 43.7 Å². The Labute approximate surface area is 124 Å². The van der Waals surface area contributed by atoms with Gasteiger partial charge in [0.2, 0.25) is 0 Å². The number of carbonyl (C=O) groups excluding carboxylic acids is 1. The lowest BCUT2D eigenvalue weighted by Gasteiger charge is -2.32. The van der Waals surface area contributed by atoms with Crippen molar-refractivity contribution in [3.63, 3.8) is 0 Å². The Hall–Kier alpha value is -2.11. The van der Waals surface area contributed by atoms with Crippen molar-refractivity contribution in [2.75, 3.05) is 13.1 Å². The maximum Gasteiger partial charge on any atom is 0.274 e. The van der Waals surface area contributed by atoms with Crippen LogP contribution >= 0.6 is 0 Å². The largest absolute Gasteiger partial charge is 0.337 e. The van der Waals surface area contributed by atoms with Crippen LogP contribution in [0.25, 0.3) is 0 Å². The van der Waals surface area contributed by atoms with Gasteiger partial charge in [-0.1, -0.05) is 0 Å².